The minimum Gasteiger partial charge on any atom is -0.329 e. The van der Waals surface area contributed by atoms with Crippen LogP contribution in [0.15, 0.2) is 12.1 Å². The maximum absolute atomic E-state index is 5.80. The van der Waals surface area contributed by atoms with Gasteiger partial charge in [-0.3, -0.25) is 0 Å². The molecule has 1 rings (SSSR count). The van der Waals surface area contributed by atoms with Gasteiger partial charge in [0.05, 0.1) is 4.34 Å². The van der Waals surface area contributed by atoms with Crippen LogP contribution in [0.4, 0.5) is 0 Å². The molecular weight excluding hydrogens is 192 g/mol. The maximum atomic E-state index is 5.80. The van der Waals surface area contributed by atoms with Gasteiger partial charge in [-0.15, -0.1) is 11.3 Å². The molecular formula is C8H13ClN2S. The van der Waals surface area contributed by atoms with Crippen LogP contribution in [-0.4, -0.2) is 25.0 Å². The molecule has 0 atom stereocenters. The summed E-state index contributed by atoms with van der Waals surface area (Å²) in [7, 11) is 2.06. The van der Waals surface area contributed by atoms with Crippen LogP contribution in [0, 0.1) is 0 Å². The number of likely N-dealkylation sites (N-methyl/N-ethyl adjacent to an activating group) is 1. The van der Waals surface area contributed by atoms with Crippen molar-refractivity contribution < 1.29 is 0 Å². The minimum absolute atomic E-state index is 0.704. The van der Waals surface area contributed by atoms with Crippen molar-refractivity contribution in [2.24, 2.45) is 5.73 Å². The van der Waals surface area contributed by atoms with E-state index < -0.39 is 0 Å². The Balaban J connectivity index is 2.41. The van der Waals surface area contributed by atoms with Crippen molar-refractivity contribution in [2.75, 3.05) is 20.1 Å². The highest BCUT2D eigenvalue weighted by Crippen LogP contribution is 2.22. The van der Waals surface area contributed by atoms with Gasteiger partial charge in [-0.05, 0) is 19.2 Å². The quantitative estimate of drug-likeness (QED) is 0.811. The fourth-order valence-electron chi connectivity index (χ4n) is 1.00. The van der Waals surface area contributed by atoms with Crippen LogP contribution in [-0.2, 0) is 6.54 Å². The van der Waals surface area contributed by atoms with Gasteiger partial charge in [0.15, 0.2) is 0 Å². The highest BCUT2D eigenvalue weighted by Gasteiger charge is 2.01. The third-order valence-corrected chi connectivity index (χ3v) is 2.78. The lowest BCUT2D eigenvalue weighted by Crippen LogP contribution is -2.24. The summed E-state index contributed by atoms with van der Waals surface area (Å²) >= 11 is 7.42. The molecule has 0 aliphatic heterocycles. The number of hydrogen-bond acceptors (Lipinski definition) is 3. The molecule has 0 spiro atoms. The van der Waals surface area contributed by atoms with E-state index >= 15 is 0 Å². The molecule has 0 saturated carbocycles. The second-order valence-electron chi connectivity index (χ2n) is 2.73. The van der Waals surface area contributed by atoms with Crippen molar-refractivity contribution in [2.45, 2.75) is 6.54 Å². The zero-order chi connectivity index (χ0) is 8.97. The third-order valence-electron chi connectivity index (χ3n) is 1.57. The van der Waals surface area contributed by atoms with Gasteiger partial charge in [0.2, 0.25) is 0 Å². The SMILES string of the molecule is CN(CCN)Cc1ccc(Cl)s1. The van der Waals surface area contributed by atoms with E-state index in [1.54, 1.807) is 11.3 Å². The Bertz CT molecular complexity index is 237. The van der Waals surface area contributed by atoms with Crippen LogP contribution in [0.3, 0.4) is 0 Å². The zero-order valence-electron chi connectivity index (χ0n) is 7.09. The molecule has 2 N–H and O–H groups in total. The number of hydrogen-bond donors (Lipinski definition) is 1. The minimum atomic E-state index is 0.704. The average Bonchev–Trinajstić information content (AvgIpc) is 2.36. The first-order valence-electron chi connectivity index (χ1n) is 3.85. The van der Waals surface area contributed by atoms with Gasteiger partial charge in [0, 0.05) is 24.5 Å². The Hall–Kier alpha value is -0.0900. The predicted molar refractivity (Wildman–Crippen MR) is 54.7 cm³/mol. The van der Waals surface area contributed by atoms with E-state index in [0.29, 0.717) is 6.54 Å². The molecule has 1 aromatic heterocycles. The van der Waals surface area contributed by atoms with Gasteiger partial charge in [-0.1, -0.05) is 11.6 Å². The smallest absolute Gasteiger partial charge is 0.0931 e. The second-order valence-corrected chi connectivity index (χ2v) is 4.53. The van der Waals surface area contributed by atoms with Crippen molar-refractivity contribution in [1.82, 2.24) is 4.90 Å². The predicted octanol–water partition coefficient (Wildman–Crippen LogP) is 1.79. The molecule has 0 unspecified atom stereocenters. The number of rotatable bonds is 4. The maximum Gasteiger partial charge on any atom is 0.0931 e. The molecule has 0 bridgehead atoms. The van der Waals surface area contributed by atoms with Crippen LogP contribution in [0.5, 0.6) is 0 Å². The molecule has 0 amide bonds. The molecule has 0 aliphatic carbocycles. The van der Waals surface area contributed by atoms with Crippen molar-refractivity contribution in [3.05, 3.63) is 21.3 Å². The van der Waals surface area contributed by atoms with Gasteiger partial charge in [0.25, 0.3) is 0 Å². The second kappa shape index (κ2) is 4.82. The van der Waals surface area contributed by atoms with E-state index in [-0.39, 0.29) is 0 Å². The number of nitrogens with two attached hydrogens (primary N) is 1. The lowest BCUT2D eigenvalue weighted by molar-refractivity contribution is 0.339. The van der Waals surface area contributed by atoms with Gasteiger partial charge >= 0.3 is 0 Å². The van der Waals surface area contributed by atoms with Gasteiger partial charge in [0.1, 0.15) is 0 Å². The molecule has 0 saturated heterocycles. The van der Waals surface area contributed by atoms with Crippen molar-refractivity contribution in [3.63, 3.8) is 0 Å². The fourth-order valence-corrected chi connectivity index (χ4v) is 2.17. The molecule has 0 radical (unpaired) electrons. The molecule has 4 heteroatoms. The Morgan fingerprint density at radius 3 is 2.83 bits per heavy atom. The van der Waals surface area contributed by atoms with Crippen LogP contribution in [0.25, 0.3) is 0 Å². The van der Waals surface area contributed by atoms with E-state index in [1.165, 1.54) is 4.88 Å². The first-order valence-corrected chi connectivity index (χ1v) is 5.04. The summed E-state index contributed by atoms with van der Waals surface area (Å²) in [6.45, 7) is 2.57. The summed E-state index contributed by atoms with van der Waals surface area (Å²) in [5.74, 6) is 0. The summed E-state index contributed by atoms with van der Waals surface area (Å²) in [5, 5.41) is 0. The molecule has 1 heterocycles. The topological polar surface area (TPSA) is 29.3 Å². The molecule has 0 aliphatic rings. The lowest BCUT2D eigenvalue weighted by Gasteiger charge is -2.13. The molecule has 1 aromatic rings. The standard InChI is InChI=1S/C8H13ClN2S/c1-11(5-4-10)6-7-2-3-8(9)12-7/h2-3H,4-6,10H2,1H3. The van der Waals surface area contributed by atoms with E-state index in [2.05, 4.69) is 18.0 Å². The van der Waals surface area contributed by atoms with Crippen molar-refractivity contribution in [3.8, 4) is 0 Å². The Labute approximate surface area is 81.9 Å². The summed E-state index contributed by atoms with van der Waals surface area (Å²) < 4.78 is 0.853. The lowest BCUT2D eigenvalue weighted by atomic mass is 10.4. The van der Waals surface area contributed by atoms with Crippen LogP contribution in [0.1, 0.15) is 4.88 Å². The van der Waals surface area contributed by atoms with E-state index in [1.807, 2.05) is 6.07 Å². The molecule has 12 heavy (non-hydrogen) atoms. The van der Waals surface area contributed by atoms with E-state index in [4.69, 9.17) is 17.3 Å². The van der Waals surface area contributed by atoms with E-state index in [9.17, 15) is 0 Å². The highest BCUT2D eigenvalue weighted by molar-refractivity contribution is 7.16. The van der Waals surface area contributed by atoms with Crippen molar-refractivity contribution in [1.29, 1.82) is 0 Å². The summed E-state index contributed by atoms with van der Waals surface area (Å²) in [6, 6.07) is 3.98. The average molecular weight is 205 g/mol. The van der Waals surface area contributed by atoms with Gasteiger partial charge in [-0.25, -0.2) is 0 Å². The zero-order valence-corrected chi connectivity index (χ0v) is 8.66. The van der Waals surface area contributed by atoms with Crippen LogP contribution >= 0.6 is 22.9 Å². The number of halogens is 1. The number of nitrogens with zero attached hydrogens (tertiary/aromatic N) is 1. The Morgan fingerprint density at radius 1 is 1.58 bits per heavy atom. The number of thiophene rings is 1. The summed E-state index contributed by atoms with van der Waals surface area (Å²) in [6.07, 6.45) is 0. The van der Waals surface area contributed by atoms with E-state index in [0.717, 1.165) is 17.4 Å². The van der Waals surface area contributed by atoms with Gasteiger partial charge in [-0.2, -0.15) is 0 Å². The summed E-state index contributed by atoms with van der Waals surface area (Å²) in [4.78, 5) is 3.47. The molecule has 2 nitrogen and oxygen atoms in total. The first-order chi connectivity index (χ1) is 5.72. The molecule has 68 valence electrons. The fraction of sp³-hybridized carbons (Fsp3) is 0.500. The largest absolute Gasteiger partial charge is 0.329 e. The van der Waals surface area contributed by atoms with Crippen molar-refractivity contribution >= 4 is 22.9 Å². The highest BCUT2D eigenvalue weighted by atomic mass is 35.5. The summed E-state index contributed by atoms with van der Waals surface area (Å²) in [5.41, 5.74) is 5.42. The Morgan fingerprint density at radius 2 is 2.33 bits per heavy atom. The Kier molecular flexibility index (Phi) is 4.01. The third kappa shape index (κ3) is 3.11. The molecule has 0 fully saturated rings. The normalized spacial score (nSPS) is 11.0. The van der Waals surface area contributed by atoms with Crippen LogP contribution < -0.4 is 5.73 Å². The van der Waals surface area contributed by atoms with Gasteiger partial charge < -0.3 is 10.6 Å². The molecule has 0 aromatic carbocycles. The first kappa shape index (κ1) is 9.99. The van der Waals surface area contributed by atoms with Crippen LogP contribution in [0.2, 0.25) is 4.34 Å². The monoisotopic (exact) mass is 204 g/mol.